The van der Waals surface area contributed by atoms with Gasteiger partial charge < -0.3 is 15.5 Å². The van der Waals surface area contributed by atoms with Crippen LogP contribution < -0.4 is 10.6 Å². The molecule has 3 nitrogen and oxygen atoms in total. The molecule has 4 rings (SSSR count). The molecule has 2 atom stereocenters. The SMILES string of the molecule is NCCCN1CC[C@@H]2[C@H](C1)c1cccc3c1N2CC3. The molecule has 2 N–H and O–H groups in total. The monoisotopic (exact) mass is 257 g/mol. The van der Waals surface area contributed by atoms with Crippen LogP contribution in [0.1, 0.15) is 29.9 Å². The van der Waals surface area contributed by atoms with Gasteiger partial charge in [0.1, 0.15) is 0 Å². The highest BCUT2D eigenvalue weighted by Gasteiger charge is 2.44. The first-order valence-electron chi connectivity index (χ1n) is 7.69. The predicted octanol–water partition coefficient (Wildman–Crippen LogP) is 1.57. The molecule has 0 radical (unpaired) electrons. The Hall–Kier alpha value is -1.06. The average Bonchev–Trinajstić information content (AvgIpc) is 3.01. The van der Waals surface area contributed by atoms with Crippen LogP contribution in [-0.2, 0) is 6.42 Å². The molecule has 0 bridgehead atoms. The molecule has 0 aromatic heterocycles. The number of hydrogen-bond donors (Lipinski definition) is 1. The van der Waals surface area contributed by atoms with Crippen LogP contribution >= 0.6 is 0 Å². The fourth-order valence-electron chi connectivity index (χ4n) is 4.35. The Morgan fingerprint density at radius 2 is 2.21 bits per heavy atom. The maximum absolute atomic E-state index is 5.65. The number of nitrogens with zero attached hydrogens (tertiary/aromatic N) is 2. The quantitative estimate of drug-likeness (QED) is 0.892. The topological polar surface area (TPSA) is 32.5 Å². The van der Waals surface area contributed by atoms with Gasteiger partial charge in [-0.25, -0.2) is 0 Å². The summed E-state index contributed by atoms with van der Waals surface area (Å²) >= 11 is 0. The molecule has 0 aliphatic carbocycles. The molecule has 1 fully saturated rings. The molecule has 0 spiro atoms. The summed E-state index contributed by atoms with van der Waals surface area (Å²) in [5.74, 6) is 0.738. The smallest absolute Gasteiger partial charge is 0.0438 e. The lowest BCUT2D eigenvalue weighted by molar-refractivity contribution is 0.193. The fraction of sp³-hybridized carbons (Fsp3) is 0.625. The van der Waals surface area contributed by atoms with E-state index in [1.807, 2.05) is 0 Å². The van der Waals surface area contributed by atoms with Crippen molar-refractivity contribution in [1.82, 2.24) is 4.90 Å². The number of benzene rings is 1. The third-order valence-corrected chi connectivity index (χ3v) is 5.20. The minimum Gasteiger partial charge on any atom is -0.367 e. The Morgan fingerprint density at radius 3 is 3.11 bits per heavy atom. The number of para-hydroxylation sites is 1. The summed E-state index contributed by atoms with van der Waals surface area (Å²) in [5.41, 5.74) is 10.4. The molecule has 3 aliphatic rings. The maximum atomic E-state index is 5.65. The summed E-state index contributed by atoms with van der Waals surface area (Å²) in [7, 11) is 0. The van der Waals surface area contributed by atoms with E-state index in [1.165, 1.54) is 39.0 Å². The van der Waals surface area contributed by atoms with Gasteiger partial charge in [-0.3, -0.25) is 0 Å². The molecule has 3 heterocycles. The second-order valence-corrected chi connectivity index (χ2v) is 6.20. The maximum Gasteiger partial charge on any atom is 0.0438 e. The molecule has 1 saturated heterocycles. The zero-order valence-electron chi connectivity index (χ0n) is 11.5. The van der Waals surface area contributed by atoms with Gasteiger partial charge in [0.25, 0.3) is 0 Å². The average molecular weight is 257 g/mol. The van der Waals surface area contributed by atoms with Gasteiger partial charge in [0.15, 0.2) is 0 Å². The highest BCUT2D eigenvalue weighted by molar-refractivity contribution is 5.70. The first-order chi connectivity index (χ1) is 9.38. The lowest BCUT2D eigenvalue weighted by atomic mass is 9.88. The van der Waals surface area contributed by atoms with E-state index in [2.05, 4.69) is 28.0 Å². The molecule has 0 amide bonds. The second kappa shape index (κ2) is 4.50. The number of nitrogens with two attached hydrogens (primary N) is 1. The number of rotatable bonds is 3. The number of fused-ring (bicyclic) bond motifs is 3. The van der Waals surface area contributed by atoms with E-state index in [0.717, 1.165) is 24.9 Å². The Bertz CT molecular complexity index is 485. The molecule has 0 saturated carbocycles. The highest BCUT2D eigenvalue weighted by Crippen LogP contribution is 2.48. The van der Waals surface area contributed by atoms with Crippen molar-refractivity contribution in [3.63, 3.8) is 0 Å². The lowest BCUT2D eigenvalue weighted by Crippen LogP contribution is -2.46. The van der Waals surface area contributed by atoms with Gasteiger partial charge in [-0.05, 0) is 43.5 Å². The van der Waals surface area contributed by atoms with E-state index in [-0.39, 0.29) is 0 Å². The van der Waals surface area contributed by atoms with Crippen molar-refractivity contribution >= 4 is 5.69 Å². The van der Waals surface area contributed by atoms with E-state index in [9.17, 15) is 0 Å². The summed E-state index contributed by atoms with van der Waals surface area (Å²) in [4.78, 5) is 5.32. The van der Waals surface area contributed by atoms with Crippen molar-refractivity contribution in [1.29, 1.82) is 0 Å². The normalized spacial score (nSPS) is 28.6. The van der Waals surface area contributed by atoms with Gasteiger partial charge in [-0.15, -0.1) is 0 Å². The van der Waals surface area contributed by atoms with Gasteiger partial charge >= 0.3 is 0 Å². The van der Waals surface area contributed by atoms with Crippen molar-refractivity contribution in [2.24, 2.45) is 5.73 Å². The first-order valence-corrected chi connectivity index (χ1v) is 7.69. The molecule has 1 aromatic rings. The first kappa shape index (κ1) is 11.7. The number of hydrogen-bond acceptors (Lipinski definition) is 3. The van der Waals surface area contributed by atoms with Crippen LogP contribution in [0.25, 0.3) is 0 Å². The van der Waals surface area contributed by atoms with Gasteiger partial charge in [-0.2, -0.15) is 0 Å². The molecular weight excluding hydrogens is 234 g/mol. The Labute approximate surface area is 115 Å². The Balaban J connectivity index is 1.61. The summed E-state index contributed by atoms with van der Waals surface area (Å²) in [6.45, 7) is 5.72. The minimum absolute atomic E-state index is 0.738. The molecule has 3 heteroatoms. The molecule has 19 heavy (non-hydrogen) atoms. The van der Waals surface area contributed by atoms with Gasteiger partial charge in [-0.1, -0.05) is 18.2 Å². The highest BCUT2D eigenvalue weighted by atomic mass is 15.2. The standard InChI is InChI=1S/C16H23N3/c17-7-2-8-18-9-6-15-14(11-18)13-4-1-3-12-5-10-19(15)16(12)13/h1,3-4,14-15H,2,5-11,17H2/t14-,15-/m1/s1. The van der Waals surface area contributed by atoms with Crippen LogP contribution in [0.15, 0.2) is 18.2 Å². The number of piperidine rings is 1. The summed E-state index contributed by atoms with van der Waals surface area (Å²) in [5, 5.41) is 0. The third kappa shape index (κ3) is 1.72. The van der Waals surface area contributed by atoms with Crippen LogP contribution in [0.4, 0.5) is 5.69 Å². The molecular formula is C16H23N3. The van der Waals surface area contributed by atoms with Crippen molar-refractivity contribution < 1.29 is 0 Å². The van der Waals surface area contributed by atoms with Crippen molar-refractivity contribution in [2.45, 2.75) is 31.2 Å². The second-order valence-electron chi connectivity index (χ2n) is 6.20. The van der Waals surface area contributed by atoms with Crippen LogP contribution in [0, 0.1) is 0 Å². The van der Waals surface area contributed by atoms with Crippen LogP contribution in [0.2, 0.25) is 0 Å². The van der Waals surface area contributed by atoms with Crippen molar-refractivity contribution in [3.05, 3.63) is 29.3 Å². The van der Waals surface area contributed by atoms with Crippen LogP contribution in [-0.4, -0.2) is 43.7 Å². The van der Waals surface area contributed by atoms with E-state index >= 15 is 0 Å². The summed E-state index contributed by atoms with van der Waals surface area (Å²) in [6.07, 6.45) is 3.71. The molecule has 1 aromatic carbocycles. The molecule has 102 valence electrons. The summed E-state index contributed by atoms with van der Waals surface area (Å²) in [6, 6.07) is 7.72. The van der Waals surface area contributed by atoms with Crippen molar-refractivity contribution in [2.75, 3.05) is 37.6 Å². The third-order valence-electron chi connectivity index (χ3n) is 5.20. The molecule has 0 unspecified atom stereocenters. The van der Waals surface area contributed by atoms with Crippen LogP contribution in [0.5, 0.6) is 0 Å². The van der Waals surface area contributed by atoms with Gasteiger partial charge in [0.05, 0.1) is 0 Å². The largest absolute Gasteiger partial charge is 0.367 e. The van der Waals surface area contributed by atoms with E-state index in [1.54, 1.807) is 16.8 Å². The minimum atomic E-state index is 0.738. The lowest BCUT2D eigenvalue weighted by Gasteiger charge is -2.38. The number of anilines is 1. The van der Waals surface area contributed by atoms with E-state index < -0.39 is 0 Å². The Morgan fingerprint density at radius 1 is 1.26 bits per heavy atom. The van der Waals surface area contributed by atoms with Gasteiger partial charge in [0, 0.05) is 37.3 Å². The van der Waals surface area contributed by atoms with Crippen LogP contribution in [0.3, 0.4) is 0 Å². The van der Waals surface area contributed by atoms with Gasteiger partial charge in [0.2, 0.25) is 0 Å². The fourth-order valence-corrected chi connectivity index (χ4v) is 4.35. The van der Waals surface area contributed by atoms with E-state index in [0.29, 0.717) is 0 Å². The zero-order valence-corrected chi connectivity index (χ0v) is 11.5. The molecule has 3 aliphatic heterocycles. The number of likely N-dealkylation sites (tertiary alicyclic amines) is 1. The predicted molar refractivity (Wildman–Crippen MR) is 78.7 cm³/mol. The van der Waals surface area contributed by atoms with Crippen molar-refractivity contribution in [3.8, 4) is 0 Å². The summed E-state index contributed by atoms with van der Waals surface area (Å²) < 4.78 is 0. The van der Waals surface area contributed by atoms with E-state index in [4.69, 9.17) is 5.73 Å². The zero-order chi connectivity index (χ0) is 12.8. The Kier molecular flexibility index (Phi) is 2.78.